The van der Waals surface area contributed by atoms with Crippen LogP contribution in [0, 0.1) is 0 Å². The molecular formula is C16H16. The van der Waals surface area contributed by atoms with E-state index in [4.69, 9.17) is 0 Å². The molecule has 0 aromatic rings. The normalized spacial score (nSPS) is 27.5. The lowest BCUT2D eigenvalue weighted by Gasteiger charge is -2.08. The van der Waals surface area contributed by atoms with Crippen LogP contribution in [0.25, 0.3) is 0 Å². The van der Waals surface area contributed by atoms with Gasteiger partial charge in [-0.3, -0.25) is 0 Å². The highest BCUT2D eigenvalue weighted by molar-refractivity contribution is 5.46. The minimum absolute atomic E-state index is 1.11. The van der Waals surface area contributed by atoms with Crippen LogP contribution in [0.2, 0.25) is 0 Å². The maximum atomic E-state index is 2.21. The first-order valence-electron chi connectivity index (χ1n) is 5.71. The van der Waals surface area contributed by atoms with E-state index in [0.717, 1.165) is 12.8 Å². The van der Waals surface area contributed by atoms with Crippen molar-refractivity contribution >= 4 is 0 Å². The molecule has 0 unspecified atom stereocenters. The summed E-state index contributed by atoms with van der Waals surface area (Å²) in [6.07, 6.45) is 27.6. The van der Waals surface area contributed by atoms with Crippen LogP contribution < -0.4 is 0 Å². The summed E-state index contributed by atoms with van der Waals surface area (Å²) in [7, 11) is 0. The van der Waals surface area contributed by atoms with Crippen molar-refractivity contribution in [2.75, 3.05) is 0 Å². The molecule has 0 amide bonds. The van der Waals surface area contributed by atoms with Gasteiger partial charge in [-0.25, -0.2) is 0 Å². The second kappa shape index (κ2) is 5.92. The largest absolute Gasteiger partial charge is 0.0842 e. The van der Waals surface area contributed by atoms with E-state index in [1.807, 2.05) is 6.08 Å². The second-order valence-electron chi connectivity index (χ2n) is 3.79. The first-order valence-corrected chi connectivity index (χ1v) is 5.71. The second-order valence-corrected chi connectivity index (χ2v) is 3.79. The molecule has 2 rings (SSSR count). The van der Waals surface area contributed by atoms with Gasteiger partial charge < -0.3 is 0 Å². The van der Waals surface area contributed by atoms with E-state index < -0.39 is 0 Å². The van der Waals surface area contributed by atoms with Gasteiger partial charge in [-0.2, -0.15) is 0 Å². The summed E-state index contributed by atoms with van der Waals surface area (Å²) >= 11 is 0. The van der Waals surface area contributed by atoms with Crippen molar-refractivity contribution in [1.82, 2.24) is 0 Å². The van der Waals surface area contributed by atoms with Crippen molar-refractivity contribution < 1.29 is 0 Å². The maximum absolute atomic E-state index is 2.21. The van der Waals surface area contributed by atoms with Crippen LogP contribution in [0.4, 0.5) is 0 Å². The Morgan fingerprint density at radius 1 is 0.688 bits per heavy atom. The first-order chi connectivity index (χ1) is 7.97. The van der Waals surface area contributed by atoms with Gasteiger partial charge in [0.05, 0.1) is 0 Å². The van der Waals surface area contributed by atoms with E-state index in [-0.39, 0.29) is 0 Å². The molecule has 80 valence electrons. The Kier molecular flexibility index (Phi) is 3.95. The quantitative estimate of drug-likeness (QED) is 0.598. The molecule has 0 aromatic heterocycles. The van der Waals surface area contributed by atoms with Crippen molar-refractivity contribution in [3.63, 3.8) is 0 Å². The third-order valence-electron chi connectivity index (χ3n) is 2.60. The molecule has 16 heavy (non-hydrogen) atoms. The Morgan fingerprint density at radius 2 is 1.44 bits per heavy atom. The van der Waals surface area contributed by atoms with Crippen molar-refractivity contribution in [3.05, 3.63) is 84.1 Å². The Labute approximate surface area is 97.4 Å². The maximum Gasteiger partial charge on any atom is -0.0224 e. The summed E-state index contributed by atoms with van der Waals surface area (Å²) in [6, 6.07) is 0. The lowest BCUT2D eigenvalue weighted by atomic mass is 9.97. The Hall–Kier alpha value is -1.82. The third-order valence-corrected chi connectivity index (χ3v) is 2.60. The fourth-order valence-electron chi connectivity index (χ4n) is 1.75. The van der Waals surface area contributed by atoms with Gasteiger partial charge in [0.15, 0.2) is 0 Å². The zero-order chi connectivity index (χ0) is 11.1. The summed E-state index contributed by atoms with van der Waals surface area (Å²) < 4.78 is 0. The van der Waals surface area contributed by atoms with E-state index in [0.29, 0.717) is 0 Å². The molecule has 0 radical (unpaired) electrons. The average Bonchev–Trinajstić information content (AvgIpc) is 2.18. The van der Waals surface area contributed by atoms with E-state index in [1.165, 1.54) is 11.1 Å². The van der Waals surface area contributed by atoms with E-state index in [9.17, 15) is 0 Å². The van der Waals surface area contributed by atoms with Crippen LogP contribution in [0.3, 0.4) is 0 Å². The van der Waals surface area contributed by atoms with Gasteiger partial charge in [-0.05, 0) is 24.0 Å². The van der Waals surface area contributed by atoms with E-state index >= 15 is 0 Å². The zero-order valence-electron chi connectivity index (χ0n) is 9.34. The van der Waals surface area contributed by atoms with Crippen LogP contribution in [0.5, 0.6) is 0 Å². The molecule has 0 spiro atoms. The minimum Gasteiger partial charge on any atom is -0.0842 e. The van der Waals surface area contributed by atoms with Crippen LogP contribution in [0.1, 0.15) is 12.8 Å². The molecule has 0 nitrogen and oxygen atoms in total. The highest BCUT2D eigenvalue weighted by atomic mass is 14.1. The predicted octanol–water partition coefficient (Wildman–Crippen LogP) is 4.43. The van der Waals surface area contributed by atoms with Crippen LogP contribution in [-0.2, 0) is 0 Å². The Balaban J connectivity index is 2.23. The van der Waals surface area contributed by atoms with Gasteiger partial charge in [-0.1, -0.05) is 72.9 Å². The van der Waals surface area contributed by atoms with Crippen molar-refractivity contribution in [3.8, 4) is 0 Å². The van der Waals surface area contributed by atoms with E-state index in [1.54, 1.807) is 0 Å². The van der Waals surface area contributed by atoms with Crippen molar-refractivity contribution in [2.24, 2.45) is 0 Å². The Morgan fingerprint density at radius 3 is 2.44 bits per heavy atom. The molecule has 0 aromatic carbocycles. The minimum atomic E-state index is 1.11. The van der Waals surface area contributed by atoms with Gasteiger partial charge in [0, 0.05) is 0 Å². The van der Waals surface area contributed by atoms with Gasteiger partial charge >= 0.3 is 0 Å². The topological polar surface area (TPSA) is 0 Å². The number of rotatable bonds is 1. The van der Waals surface area contributed by atoms with Crippen LogP contribution in [-0.4, -0.2) is 0 Å². The van der Waals surface area contributed by atoms with Gasteiger partial charge in [0.25, 0.3) is 0 Å². The molecule has 0 aliphatic heterocycles. The number of allylic oxidation sites excluding steroid dienone is 14. The fraction of sp³-hybridized carbons (Fsp3) is 0.125. The molecule has 0 fully saturated rings. The van der Waals surface area contributed by atoms with Gasteiger partial charge in [0.2, 0.25) is 0 Å². The molecule has 0 saturated heterocycles. The average molecular weight is 208 g/mol. The summed E-state index contributed by atoms with van der Waals surface area (Å²) in [5.41, 5.74) is 2.71. The third kappa shape index (κ3) is 3.09. The summed E-state index contributed by atoms with van der Waals surface area (Å²) in [4.78, 5) is 0. The van der Waals surface area contributed by atoms with Crippen LogP contribution >= 0.6 is 0 Å². The lowest BCUT2D eigenvalue weighted by Crippen LogP contribution is -1.88. The summed E-state index contributed by atoms with van der Waals surface area (Å²) in [5.74, 6) is 0. The van der Waals surface area contributed by atoms with E-state index in [2.05, 4.69) is 66.8 Å². The summed E-state index contributed by atoms with van der Waals surface area (Å²) in [6.45, 7) is 0. The molecule has 0 N–H and O–H groups in total. The molecule has 2 aliphatic carbocycles. The van der Waals surface area contributed by atoms with Crippen molar-refractivity contribution in [1.29, 1.82) is 0 Å². The lowest BCUT2D eigenvalue weighted by molar-refractivity contribution is 0.992. The van der Waals surface area contributed by atoms with Gasteiger partial charge in [0.1, 0.15) is 0 Å². The van der Waals surface area contributed by atoms with Crippen molar-refractivity contribution in [2.45, 2.75) is 12.8 Å². The highest BCUT2D eigenvalue weighted by Crippen LogP contribution is 2.20. The molecule has 0 heterocycles. The molecule has 0 atom stereocenters. The SMILES string of the molecule is C1=C/C=C\C=C/C(C2=C/C=C\C=C/CC2)=C1. The standard InChI is InChI=1S/C16H16/c1-3-7-11-15(12-8-4-1)16-13-9-5-2-6-10-14-16/h1-9,11-13H,10,14H2/b3-1-,4-1?,6-2-,7-3?,8-4?,9-5-,11-7-,12-8?,15-11?,15-12?,16-13?. The molecule has 0 bridgehead atoms. The molecule has 2 aliphatic rings. The smallest absolute Gasteiger partial charge is 0.0224 e. The molecule has 0 saturated carbocycles. The highest BCUT2D eigenvalue weighted by Gasteiger charge is 2.01. The first kappa shape index (κ1) is 10.7. The monoisotopic (exact) mass is 208 g/mol. The Bertz CT molecular complexity index is 435. The summed E-state index contributed by atoms with van der Waals surface area (Å²) in [5, 5.41) is 0. The van der Waals surface area contributed by atoms with Crippen LogP contribution in [0.15, 0.2) is 84.1 Å². The molecular weight excluding hydrogens is 192 g/mol. The molecule has 0 heteroatoms. The van der Waals surface area contributed by atoms with Gasteiger partial charge in [-0.15, -0.1) is 0 Å². The fourth-order valence-corrected chi connectivity index (χ4v) is 1.75. The zero-order valence-corrected chi connectivity index (χ0v) is 9.34. The number of hydrogen-bond donors (Lipinski definition) is 0. The number of hydrogen-bond acceptors (Lipinski definition) is 0. The predicted molar refractivity (Wildman–Crippen MR) is 71.1 cm³/mol.